The van der Waals surface area contributed by atoms with Crippen molar-refractivity contribution in [3.63, 3.8) is 0 Å². The Bertz CT molecular complexity index is 467. The SMILES string of the molecule is CC[C@@H](N)c1ccccc1OCCc1cccs1. The van der Waals surface area contributed by atoms with Crippen LogP contribution in [-0.2, 0) is 6.42 Å². The van der Waals surface area contributed by atoms with Gasteiger partial charge in [-0.3, -0.25) is 0 Å². The number of hydrogen-bond donors (Lipinski definition) is 1. The zero-order chi connectivity index (χ0) is 12.8. The van der Waals surface area contributed by atoms with Gasteiger partial charge in [0.25, 0.3) is 0 Å². The van der Waals surface area contributed by atoms with Gasteiger partial charge in [-0.25, -0.2) is 0 Å². The van der Waals surface area contributed by atoms with Crippen molar-refractivity contribution in [2.75, 3.05) is 6.61 Å². The molecule has 0 amide bonds. The predicted molar refractivity (Wildman–Crippen MR) is 77.2 cm³/mol. The summed E-state index contributed by atoms with van der Waals surface area (Å²) in [6.07, 6.45) is 1.87. The van der Waals surface area contributed by atoms with Crippen molar-refractivity contribution in [3.05, 3.63) is 52.2 Å². The molecular weight excluding hydrogens is 242 g/mol. The van der Waals surface area contributed by atoms with Crippen LogP contribution in [0.15, 0.2) is 41.8 Å². The molecule has 0 fully saturated rings. The Morgan fingerprint density at radius 1 is 1.22 bits per heavy atom. The highest BCUT2D eigenvalue weighted by Gasteiger charge is 2.09. The average Bonchev–Trinajstić information content (AvgIpc) is 2.92. The van der Waals surface area contributed by atoms with Crippen molar-refractivity contribution in [1.82, 2.24) is 0 Å². The van der Waals surface area contributed by atoms with Crippen molar-refractivity contribution in [1.29, 1.82) is 0 Å². The van der Waals surface area contributed by atoms with Crippen molar-refractivity contribution in [3.8, 4) is 5.75 Å². The molecule has 0 saturated carbocycles. The van der Waals surface area contributed by atoms with Crippen LogP contribution in [0.25, 0.3) is 0 Å². The van der Waals surface area contributed by atoms with E-state index in [-0.39, 0.29) is 6.04 Å². The van der Waals surface area contributed by atoms with Crippen LogP contribution in [0.1, 0.15) is 29.8 Å². The topological polar surface area (TPSA) is 35.2 Å². The number of para-hydroxylation sites is 1. The predicted octanol–water partition coefficient (Wildman–Crippen LogP) is 3.78. The largest absolute Gasteiger partial charge is 0.493 e. The highest BCUT2D eigenvalue weighted by molar-refractivity contribution is 7.09. The molecule has 0 aliphatic rings. The summed E-state index contributed by atoms with van der Waals surface area (Å²) in [4.78, 5) is 1.35. The number of hydrogen-bond acceptors (Lipinski definition) is 3. The molecule has 2 N–H and O–H groups in total. The Kier molecular flexibility index (Phi) is 4.79. The van der Waals surface area contributed by atoms with Gasteiger partial charge in [0, 0.05) is 22.9 Å². The molecule has 0 aliphatic heterocycles. The molecule has 0 saturated heterocycles. The Hall–Kier alpha value is -1.32. The van der Waals surface area contributed by atoms with Gasteiger partial charge < -0.3 is 10.5 Å². The quantitative estimate of drug-likeness (QED) is 0.859. The minimum Gasteiger partial charge on any atom is -0.493 e. The molecule has 2 rings (SSSR count). The van der Waals surface area contributed by atoms with Crippen LogP contribution in [0.3, 0.4) is 0 Å². The van der Waals surface area contributed by atoms with E-state index in [0.717, 1.165) is 24.2 Å². The maximum absolute atomic E-state index is 6.08. The maximum atomic E-state index is 6.08. The van der Waals surface area contributed by atoms with Gasteiger partial charge in [0.2, 0.25) is 0 Å². The fourth-order valence-corrected chi connectivity index (χ4v) is 2.54. The van der Waals surface area contributed by atoms with Crippen LogP contribution in [0.2, 0.25) is 0 Å². The molecule has 1 heterocycles. The molecule has 0 radical (unpaired) electrons. The molecule has 1 atom stereocenters. The first-order valence-corrected chi connectivity index (χ1v) is 7.19. The first kappa shape index (κ1) is 13.1. The lowest BCUT2D eigenvalue weighted by atomic mass is 10.0. The second kappa shape index (κ2) is 6.57. The summed E-state index contributed by atoms with van der Waals surface area (Å²) >= 11 is 1.77. The molecule has 1 aromatic carbocycles. The van der Waals surface area contributed by atoms with Gasteiger partial charge in [0.1, 0.15) is 5.75 Å². The van der Waals surface area contributed by atoms with Gasteiger partial charge in [-0.1, -0.05) is 31.2 Å². The molecule has 0 unspecified atom stereocenters. The maximum Gasteiger partial charge on any atom is 0.124 e. The number of ether oxygens (including phenoxy) is 1. The van der Waals surface area contributed by atoms with Crippen LogP contribution in [0.5, 0.6) is 5.75 Å². The van der Waals surface area contributed by atoms with E-state index in [1.54, 1.807) is 11.3 Å². The zero-order valence-electron chi connectivity index (χ0n) is 10.6. The van der Waals surface area contributed by atoms with Crippen LogP contribution >= 0.6 is 11.3 Å². The molecule has 96 valence electrons. The van der Waals surface area contributed by atoms with E-state index in [0.29, 0.717) is 6.61 Å². The summed E-state index contributed by atoms with van der Waals surface area (Å²) in [6, 6.07) is 12.3. The third-order valence-corrected chi connectivity index (χ3v) is 3.88. The van der Waals surface area contributed by atoms with E-state index < -0.39 is 0 Å². The second-order valence-electron chi connectivity index (χ2n) is 4.23. The highest BCUT2D eigenvalue weighted by Crippen LogP contribution is 2.25. The van der Waals surface area contributed by atoms with E-state index in [2.05, 4.69) is 30.5 Å². The molecule has 2 nitrogen and oxygen atoms in total. The Labute approximate surface area is 112 Å². The van der Waals surface area contributed by atoms with E-state index in [1.165, 1.54) is 4.88 Å². The third-order valence-electron chi connectivity index (χ3n) is 2.94. The lowest BCUT2D eigenvalue weighted by Crippen LogP contribution is -2.11. The van der Waals surface area contributed by atoms with Gasteiger partial charge in [0.15, 0.2) is 0 Å². The van der Waals surface area contributed by atoms with Crippen LogP contribution in [-0.4, -0.2) is 6.61 Å². The van der Waals surface area contributed by atoms with Crippen molar-refractivity contribution >= 4 is 11.3 Å². The number of benzene rings is 1. The van der Waals surface area contributed by atoms with Gasteiger partial charge in [-0.15, -0.1) is 11.3 Å². The fraction of sp³-hybridized carbons (Fsp3) is 0.333. The first-order valence-electron chi connectivity index (χ1n) is 6.31. The molecule has 2 aromatic rings. The normalized spacial score (nSPS) is 12.3. The van der Waals surface area contributed by atoms with Crippen LogP contribution in [0.4, 0.5) is 0 Å². The molecule has 0 aliphatic carbocycles. The minimum atomic E-state index is 0.0583. The minimum absolute atomic E-state index is 0.0583. The second-order valence-corrected chi connectivity index (χ2v) is 5.26. The van der Waals surface area contributed by atoms with E-state index in [4.69, 9.17) is 10.5 Å². The summed E-state index contributed by atoms with van der Waals surface area (Å²) in [6.45, 7) is 2.79. The van der Waals surface area contributed by atoms with E-state index in [1.807, 2.05) is 18.2 Å². The summed E-state index contributed by atoms with van der Waals surface area (Å²) in [5.74, 6) is 0.920. The van der Waals surface area contributed by atoms with Gasteiger partial charge >= 0.3 is 0 Å². The molecule has 0 spiro atoms. The van der Waals surface area contributed by atoms with Crippen molar-refractivity contribution < 1.29 is 4.74 Å². The fourth-order valence-electron chi connectivity index (χ4n) is 1.85. The Balaban J connectivity index is 1.96. The first-order chi connectivity index (χ1) is 8.81. The standard InChI is InChI=1S/C15H19NOS/c1-2-14(16)13-7-3-4-8-15(13)17-10-9-12-6-5-11-18-12/h3-8,11,14H,2,9-10,16H2,1H3/t14-/m1/s1. The van der Waals surface area contributed by atoms with Crippen LogP contribution < -0.4 is 10.5 Å². The molecule has 18 heavy (non-hydrogen) atoms. The van der Waals surface area contributed by atoms with Crippen LogP contribution in [0, 0.1) is 0 Å². The van der Waals surface area contributed by atoms with E-state index >= 15 is 0 Å². The zero-order valence-corrected chi connectivity index (χ0v) is 11.5. The van der Waals surface area contributed by atoms with Gasteiger partial charge in [0.05, 0.1) is 6.61 Å². The average molecular weight is 261 g/mol. The molecule has 3 heteroatoms. The Morgan fingerprint density at radius 2 is 2.06 bits per heavy atom. The summed E-state index contributed by atoms with van der Waals surface area (Å²) in [7, 11) is 0. The van der Waals surface area contributed by atoms with Crippen molar-refractivity contribution in [2.45, 2.75) is 25.8 Å². The number of nitrogens with two attached hydrogens (primary N) is 1. The molecular formula is C15H19NOS. The third kappa shape index (κ3) is 3.34. The lowest BCUT2D eigenvalue weighted by Gasteiger charge is -2.15. The molecule has 0 bridgehead atoms. The number of thiophene rings is 1. The number of rotatable bonds is 6. The smallest absolute Gasteiger partial charge is 0.124 e. The van der Waals surface area contributed by atoms with Gasteiger partial charge in [-0.05, 0) is 23.9 Å². The monoisotopic (exact) mass is 261 g/mol. The Morgan fingerprint density at radius 3 is 2.78 bits per heavy atom. The van der Waals surface area contributed by atoms with Crippen molar-refractivity contribution in [2.24, 2.45) is 5.73 Å². The summed E-state index contributed by atoms with van der Waals surface area (Å²) in [5, 5.41) is 2.09. The lowest BCUT2D eigenvalue weighted by molar-refractivity contribution is 0.317. The summed E-state index contributed by atoms with van der Waals surface area (Å²) < 4.78 is 5.86. The van der Waals surface area contributed by atoms with Gasteiger partial charge in [-0.2, -0.15) is 0 Å². The summed E-state index contributed by atoms with van der Waals surface area (Å²) in [5.41, 5.74) is 7.19. The highest BCUT2D eigenvalue weighted by atomic mass is 32.1. The molecule has 1 aromatic heterocycles. The van der Waals surface area contributed by atoms with E-state index in [9.17, 15) is 0 Å².